The van der Waals surface area contributed by atoms with Gasteiger partial charge < -0.3 is 9.64 Å². The number of ether oxygens (including phenoxy) is 1. The van der Waals surface area contributed by atoms with Gasteiger partial charge >= 0.3 is 0 Å². The predicted octanol–water partition coefficient (Wildman–Crippen LogP) is 4.51. The van der Waals surface area contributed by atoms with Gasteiger partial charge in [-0.1, -0.05) is 23.2 Å². The minimum absolute atomic E-state index is 0.0434. The lowest BCUT2D eigenvalue weighted by Crippen LogP contribution is -2.48. The second-order valence-electron chi connectivity index (χ2n) is 7.07. The number of benzene rings is 2. The molecular weight excluding hydrogens is 409 g/mol. The molecule has 29 heavy (non-hydrogen) atoms. The molecule has 1 fully saturated rings. The average molecular weight is 430 g/mol. The number of fused-ring (bicyclic) bond motifs is 1. The van der Waals surface area contributed by atoms with Crippen LogP contribution in [0.25, 0.3) is 10.9 Å². The zero-order valence-electron chi connectivity index (χ0n) is 16.1. The van der Waals surface area contributed by atoms with E-state index >= 15 is 0 Å². The third kappa shape index (κ3) is 4.47. The highest BCUT2D eigenvalue weighted by Gasteiger charge is 2.23. The fourth-order valence-electron chi connectivity index (χ4n) is 3.64. The summed E-state index contributed by atoms with van der Waals surface area (Å²) in [5, 5.41) is 2.05. The summed E-state index contributed by atoms with van der Waals surface area (Å²) in [4.78, 5) is 21.4. The molecule has 150 valence electrons. The third-order valence-corrected chi connectivity index (χ3v) is 5.64. The highest BCUT2D eigenvalue weighted by Crippen LogP contribution is 2.25. The van der Waals surface area contributed by atoms with Gasteiger partial charge in [-0.25, -0.2) is 4.98 Å². The van der Waals surface area contributed by atoms with E-state index in [9.17, 15) is 4.79 Å². The van der Waals surface area contributed by atoms with E-state index in [0.29, 0.717) is 28.8 Å². The number of aromatic nitrogens is 1. The van der Waals surface area contributed by atoms with E-state index < -0.39 is 0 Å². The van der Waals surface area contributed by atoms with Crippen molar-refractivity contribution in [1.82, 2.24) is 14.8 Å². The molecule has 0 bridgehead atoms. The van der Waals surface area contributed by atoms with Crippen LogP contribution in [0.5, 0.6) is 5.75 Å². The molecule has 5 nitrogen and oxygen atoms in total. The fourth-order valence-corrected chi connectivity index (χ4v) is 3.99. The molecule has 0 radical (unpaired) electrons. The van der Waals surface area contributed by atoms with Crippen LogP contribution < -0.4 is 4.74 Å². The Hall–Kier alpha value is -2.34. The normalized spacial score (nSPS) is 14.9. The van der Waals surface area contributed by atoms with Crippen molar-refractivity contribution in [2.45, 2.75) is 6.54 Å². The number of piperazine rings is 1. The molecule has 0 spiro atoms. The Bertz CT molecular complexity index is 1050. The van der Waals surface area contributed by atoms with Gasteiger partial charge in [0, 0.05) is 54.3 Å². The maximum atomic E-state index is 12.9. The number of methoxy groups -OCH3 is 1. The van der Waals surface area contributed by atoms with E-state index in [1.165, 1.54) is 0 Å². The van der Waals surface area contributed by atoms with Gasteiger partial charge in [-0.05, 0) is 48.5 Å². The Morgan fingerprint density at radius 1 is 1.03 bits per heavy atom. The second kappa shape index (κ2) is 8.57. The Morgan fingerprint density at radius 2 is 1.83 bits per heavy atom. The largest absolute Gasteiger partial charge is 0.496 e. The maximum absolute atomic E-state index is 12.9. The molecule has 0 atom stereocenters. The van der Waals surface area contributed by atoms with Gasteiger partial charge in [-0.2, -0.15) is 0 Å². The van der Waals surface area contributed by atoms with E-state index in [4.69, 9.17) is 27.9 Å². The third-order valence-electron chi connectivity index (χ3n) is 5.20. The van der Waals surface area contributed by atoms with Crippen LogP contribution in [-0.2, 0) is 6.54 Å². The predicted molar refractivity (Wildman–Crippen MR) is 116 cm³/mol. The van der Waals surface area contributed by atoms with Crippen LogP contribution in [0.2, 0.25) is 10.2 Å². The molecule has 4 rings (SSSR count). The van der Waals surface area contributed by atoms with E-state index in [0.717, 1.165) is 41.9 Å². The Morgan fingerprint density at radius 3 is 2.59 bits per heavy atom. The number of nitrogens with zero attached hydrogens (tertiary/aromatic N) is 3. The number of hydrogen-bond donors (Lipinski definition) is 0. The first-order valence-electron chi connectivity index (χ1n) is 9.44. The molecule has 1 aromatic heterocycles. The standard InChI is InChI=1S/C22H21Cl2N3O2/c1-29-20-6-4-18(23)13-17(20)14-26-8-10-27(11-9-26)22(28)16-2-5-19-15(12-16)3-7-21(24)25-19/h2-7,12-13H,8-11,14H2,1H3. The molecule has 2 heterocycles. The lowest BCUT2D eigenvalue weighted by Gasteiger charge is -2.35. The van der Waals surface area contributed by atoms with Gasteiger partial charge in [0.1, 0.15) is 10.9 Å². The van der Waals surface area contributed by atoms with Crippen molar-refractivity contribution >= 4 is 40.0 Å². The average Bonchev–Trinajstić information content (AvgIpc) is 2.73. The summed E-state index contributed by atoms with van der Waals surface area (Å²) in [5.41, 5.74) is 2.52. The van der Waals surface area contributed by atoms with Crippen molar-refractivity contribution in [3.05, 3.63) is 69.8 Å². The molecule has 1 aliphatic heterocycles. The quantitative estimate of drug-likeness (QED) is 0.572. The Balaban J connectivity index is 1.41. The number of carbonyl (C=O) groups is 1. The van der Waals surface area contributed by atoms with Crippen LogP contribution in [0.4, 0.5) is 0 Å². The van der Waals surface area contributed by atoms with Gasteiger partial charge in [0.05, 0.1) is 12.6 Å². The van der Waals surface area contributed by atoms with Crippen molar-refractivity contribution < 1.29 is 9.53 Å². The summed E-state index contributed by atoms with van der Waals surface area (Å²) >= 11 is 12.1. The van der Waals surface area contributed by atoms with Crippen LogP contribution >= 0.6 is 23.2 Å². The first-order valence-corrected chi connectivity index (χ1v) is 10.2. The number of carbonyl (C=O) groups excluding carboxylic acids is 1. The van der Waals surface area contributed by atoms with Crippen molar-refractivity contribution in [2.75, 3.05) is 33.3 Å². The summed E-state index contributed by atoms with van der Waals surface area (Å²) in [6.45, 7) is 3.70. The van der Waals surface area contributed by atoms with Gasteiger partial charge in [0.2, 0.25) is 0 Å². The highest BCUT2D eigenvalue weighted by molar-refractivity contribution is 6.30. The molecule has 7 heteroatoms. The molecule has 0 unspecified atom stereocenters. The topological polar surface area (TPSA) is 45.7 Å². The smallest absolute Gasteiger partial charge is 0.253 e. The lowest BCUT2D eigenvalue weighted by atomic mass is 10.1. The highest BCUT2D eigenvalue weighted by atomic mass is 35.5. The number of rotatable bonds is 4. The monoisotopic (exact) mass is 429 g/mol. The Kier molecular flexibility index (Phi) is 5.90. The molecule has 1 aliphatic rings. The first-order chi connectivity index (χ1) is 14.0. The second-order valence-corrected chi connectivity index (χ2v) is 7.89. The van der Waals surface area contributed by atoms with Crippen LogP contribution in [0.15, 0.2) is 48.5 Å². The maximum Gasteiger partial charge on any atom is 0.253 e. The van der Waals surface area contributed by atoms with Crippen LogP contribution in [0.1, 0.15) is 15.9 Å². The van der Waals surface area contributed by atoms with Crippen LogP contribution in [-0.4, -0.2) is 54.0 Å². The minimum atomic E-state index is 0.0434. The molecule has 1 amide bonds. The number of hydrogen-bond acceptors (Lipinski definition) is 4. The number of amides is 1. The molecule has 0 saturated carbocycles. The molecular formula is C22H21Cl2N3O2. The number of pyridine rings is 1. The van der Waals surface area contributed by atoms with E-state index in [2.05, 4.69) is 9.88 Å². The zero-order valence-corrected chi connectivity index (χ0v) is 17.6. The first kappa shape index (κ1) is 20.0. The molecule has 0 N–H and O–H groups in total. The summed E-state index contributed by atoms with van der Waals surface area (Å²) in [7, 11) is 1.66. The van der Waals surface area contributed by atoms with Gasteiger partial charge in [0.15, 0.2) is 0 Å². The Labute approximate surface area is 179 Å². The van der Waals surface area contributed by atoms with E-state index in [1.807, 2.05) is 47.4 Å². The molecule has 2 aromatic carbocycles. The van der Waals surface area contributed by atoms with E-state index in [-0.39, 0.29) is 5.91 Å². The number of halogens is 2. The van der Waals surface area contributed by atoms with Gasteiger partial charge in [0.25, 0.3) is 5.91 Å². The zero-order chi connectivity index (χ0) is 20.4. The van der Waals surface area contributed by atoms with Crippen molar-refractivity contribution in [3.63, 3.8) is 0 Å². The van der Waals surface area contributed by atoms with E-state index in [1.54, 1.807) is 13.2 Å². The van der Waals surface area contributed by atoms with Crippen LogP contribution in [0, 0.1) is 0 Å². The lowest BCUT2D eigenvalue weighted by molar-refractivity contribution is 0.0627. The SMILES string of the molecule is COc1ccc(Cl)cc1CN1CCN(C(=O)c2ccc3nc(Cl)ccc3c2)CC1. The molecule has 0 aliphatic carbocycles. The summed E-state index contributed by atoms with van der Waals surface area (Å²) in [6.07, 6.45) is 0. The summed E-state index contributed by atoms with van der Waals surface area (Å²) in [6, 6.07) is 14.8. The summed E-state index contributed by atoms with van der Waals surface area (Å²) < 4.78 is 5.44. The fraction of sp³-hybridized carbons (Fsp3) is 0.273. The summed E-state index contributed by atoms with van der Waals surface area (Å²) in [5.74, 6) is 0.875. The molecule has 3 aromatic rings. The van der Waals surface area contributed by atoms with Crippen molar-refractivity contribution in [3.8, 4) is 5.75 Å². The van der Waals surface area contributed by atoms with Crippen molar-refractivity contribution in [2.24, 2.45) is 0 Å². The van der Waals surface area contributed by atoms with Gasteiger partial charge in [-0.15, -0.1) is 0 Å². The molecule has 1 saturated heterocycles. The minimum Gasteiger partial charge on any atom is -0.496 e. The van der Waals surface area contributed by atoms with Gasteiger partial charge in [-0.3, -0.25) is 9.69 Å². The van der Waals surface area contributed by atoms with Crippen molar-refractivity contribution in [1.29, 1.82) is 0 Å². The van der Waals surface area contributed by atoms with Crippen LogP contribution in [0.3, 0.4) is 0 Å².